The molecule has 3 N–H and O–H groups in total. The zero-order valence-corrected chi connectivity index (χ0v) is 19.6. The van der Waals surface area contributed by atoms with Gasteiger partial charge in [-0.15, -0.1) is 0 Å². The molecule has 2 aliphatic heterocycles. The second-order valence-corrected chi connectivity index (χ2v) is 10.7. The van der Waals surface area contributed by atoms with Gasteiger partial charge in [0.05, 0.1) is 0 Å². The maximum absolute atomic E-state index is 15.4. The standard InChI is InChI=1S/C23H23Cl2FN4O3/c1-21(2)4-6-22(7-5-21)23(12-10-28-14(24)9-13(12)29-20(23)33)15(17(30-22)19(31)32)11-3-8-27-18(25)16(11)26/h3,8-10,15,17,30H,4-7H2,1-2H3,(H,29,33)(H,31,32)/t15-,17+,23+/m0/s1. The molecule has 5 rings (SSSR count). The van der Waals surface area contributed by atoms with Gasteiger partial charge in [0, 0.05) is 35.1 Å². The summed E-state index contributed by atoms with van der Waals surface area (Å²) in [5.74, 6) is -3.47. The number of carboxylic acid groups (broad SMARTS) is 1. The molecule has 0 bridgehead atoms. The van der Waals surface area contributed by atoms with Crippen molar-refractivity contribution in [1.82, 2.24) is 15.3 Å². The van der Waals surface area contributed by atoms with Crippen LogP contribution in [0.4, 0.5) is 10.1 Å². The van der Waals surface area contributed by atoms with Gasteiger partial charge in [-0.25, -0.2) is 14.4 Å². The number of hydrogen-bond donors (Lipinski definition) is 3. The molecule has 1 saturated heterocycles. The van der Waals surface area contributed by atoms with E-state index in [1.807, 2.05) is 0 Å². The van der Waals surface area contributed by atoms with Crippen LogP contribution >= 0.6 is 23.2 Å². The average Bonchev–Trinajstić information content (AvgIpc) is 3.20. The van der Waals surface area contributed by atoms with Gasteiger partial charge in [0.25, 0.3) is 0 Å². The second-order valence-electron chi connectivity index (χ2n) is 10.0. The van der Waals surface area contributed by atoms with Crippen molar-refractivity contribution in [2.75, 3.05) is 5.32 Å². The molecule has 1 aliphatic carbocycles. The highest BCUT2D eigenvalue weighted by Gasteiger charge is 2.73. The molecule has 2 fully saturated rings. The summed E-state index contributed by atoms with van der Waals surface area (Å²) < 4.78 is 15.4. The lowest BCUT2D eigenvalue weighted by molar-refractivity contribution is -0.139. The summed E-state index contributed by atoms with van der Waals surface area (Å²) in [6, 6.07) is 1.73. The number of pyridine rings is 2. The van der Waals surface area contributed by atoms with Gasteiger partial charge < -0.3 is 10.4 Å². The molecule has 0 aromatic carbocycles. The van der Waals surface area contributed by atoms with Crippen LogP contribution in [-0.4, -0.2) is 38.5 Å². The Morgan fingerprint density at radius 2 is 1.91 bits per heavy atom. The van der Waals surface area contributed by atoms with Crippen LogP contribution in [0.1, 0.15) is 56.6 Å². The fraction of sp³-hybridized carbons (Fsp3) is 0.478. The smallest absolute Gasteiger partial charge is 0.321 e. The van der Waals surface area contributed by atoms with Crippen LogP contribution in [0.3, 0.4) is 0 Å². The fourth-order valence-electron chi connectivity index (χ4n) is 6.20. The van der Waals surface area contributed by atoms with E-state index < -0.39 is 40.6 Å². The summed E-state index contributed by atoms with van der Waals surface area (Å²) in [4.78, 5) is 34.5. The quantitative estimate of drug-likeness (QED) is 0.540. The van der Waals surface area contributed by atoms with E-state index in [0.29, 0.717) is 24.1 Å². The maximum Gasteiger partial charge on any atom is 0.321 e. The number of hydrogen-bond acceptors (Lipinski definition) is 5. The van der Waals surface area contributed by atoms with E-state index in [0.717, 1.165) is 12.8 Å². The predicted octanol–water partition coefficient (Wildman–Crippen LogP) is 4.29. The first-order chi connectivity index (χ1) is 15.5. The largest absolute Gasteiger partial charge is 0.480 e. The summed E-state index contributed by atoms with van der Waals surface area (Å²) in [5.41, 5.74) is -1.30. The van der Waals surface area contributed by atoms with Gasteiger partial charge in [-0.2, -0.15) is 0 Å². The van der Waals surface area contributed by atoms with Crippen molar-refractivity contribution in [3.8, 4) is 0 Å². The first-order valence-corrected chi connectivity index (χ1v) is 11.6. The summed E-state index contributed by atoms with van der Waals surface area (Å²) in [6.07, 6.45) is 5.45. The van der Waals surface area contributed by atoms with Gasteiger partial charge >= 0.3 is 5.97 Å². The molecule has 2 spiro atoms. The van der Waals surface area contributed by atoms with Crippen molar-refractivity contribution in [2.24, 2.45) is 5.41 Å². The Balaban J connectivity index is 1.83. The third-order valence-corrected chi connectivity index (χ3v) is 8.29. The van der Waals surface area contributed by atoms with E-state index in [1.54, 1.807) is 6.07 Å². The number of carbonyl (C=O) groups is 2. The molecular weight excluding hydrogens is 470 g/mol. The van der Waals surface area contributed by atoms with E-state index in [1.165, 1.54) is 18.5 Å². The van der Waals surface area contributed by atoms with Crippen LogP contribution in [-0.2, 0) is 15.0 Å². The summed E-state index contributed by atoms with van der Waals surface area (Å²) in [5, 5.41) is 16.3. The molecular formula is C23H23Cl2FN4O3. The highest BCUT2D eigenvalue weighted by molar-refractivity contribution is 6.30. The normalized spacial score (nSPS) is 29.3. The first kappa shape index (κ1) is 22.5. The van der Waals surface area contributed by atoms with E-state index in [4.69, 9.17) is 23.2 Å². The molecule has 1 saturated carbocycles. The van der Waals surface area contributed by atoms with Crippen molar-refractivity contribution in [2.45, 2.75) is 62.4 Å². The van der Waals surface area contributed by atoms with Crippen LogP contribution in [0.2, 0.25) is 10.3 Å². The number of aromatic nitrogens is 2. The molecule has 7 nitrogen and oxygen atoms in total. The molecule has 0 radical (unpaired) electrons. The lowest BCUT2D eigenvalue weighted by Gasteiger charge is -2.50. The molecule has 1 amide bonds. The monoisotopic (exact) mass is 492 g/mol. The van der Waals surface area contributed by atoms with Crippen molar-refractivity contribution in [1.29, 1.82) is 0 Å². The molecule has 174 valence electrons. The highest BCUT2D eigenvalue weighted by atomic mass is 35.5. The summed E-state index contributed by atoms with van der Waals surface area (Å²) >= 11 is 12.1. The number of fused-ring (bicyclic) bond motifs is 3. The lowest BCUT2D eigenvalue weighted by atomic mass is 9.53. The van der Waals surface area contributed by atoms with Gasteiger partial charge in [0.15, 0.2) is 11.0 Å². The molecule has 3 atom stereocenters. The Hall–Kier alpha value is -2.29. The van der Waals surface area contributed by atoms with Gasteiger partial charge in [0.1, 0.15) is 16.6 Å². The van der Waals surface area contributed by atoms with Crippen LogP contribution in [0.15, 0.2) is 24.5 Å². The fourth-order valence-corrected chi connectivity index (χ4v) is 6.52. The summed E-state index contributed by atoms with van der Waals surface area (Å²) in [7, 11) is 0. The number of halogens is 3. The van der Waals surface area contributed by atoms with E-state index >= 15 is 4.39 Å². The minimum atomic E-state index is -1.43. The Labute approximate surface area is 200 Å². The molecule has 3 aliphatic rings. The number of carbonyl (C=O) groups excluding carboxylic acids is 1. The highest BCUT2D eigenvalue weighted by Crippen LogP contribution is 2.63. The number of rotatable bonds is 2. The van der Waals surface area contributed by atoms with Gasteiger partial charge in [-0.05, 0) is 48.8 Å². The Morgan fingerprint density at radius 3 is 2.58 bits per heavy atom. The zero-order chi connectivity index (χ0) is 23.8. The van der Waals surface area contributed by atoms with Crippen LogP contribution in [0.25, 0.3) is 0 Å². The van der Waals surface area contributed by atoms with E-state index in [2.05, 4.69) is 34.4 Å². The third-order valence-electron chi connectivity index (χ3n) is 7.82. The lowest BCUT2D eigenvalue weighted by Crippen LogP contribution is -2.61. The number of amides is 1. The Morgan fingerprint density at radius 1 is 1.21 bits per heavy atom. The molecule has 0 unspecified atom stereocenters. The van der Waals surface area contributed by atoms with E-state index in [9.17, 15) is 14.7 Å². The van der Waals surface area contributed by atoms with Crippen LogP contribution in [0, 0.1) is 11.2 Å². The van der Waals surface area contributed by atoms with Crippen molar-refractivity contribution in [3.63, 3.8) is 0 Å². The number of nitrogens with one attached hydrogen (secondary N) is 2. The molecule has 10 heteroatoms. The second kappa shape index (κ2) is 7.35. The van der Waals surface area contributed by atoms with Crippen molar-refractivity contribution >= 4 is 40.8 Å². The van der Waals surface area contributed by atoms with Crippen LogP contribution in [0.5, 0.6) is 0 Å². The number of nitrogens with zero attached hydrogens (tertiary/aromatic N) is 2. The topological polar surface area (TPSA) is 104 Å². The molecule has 2 aromatic rings. The maximum atomic E-state index is 15.4. The average molecular weight is 493 g/mol. The number of carboxylic acids is 1. The van der Waals surface area contributed by atoms with Gasteiger partial charge in [-0.3, -0.25) is 14.9 Å². The van der Waals surface area contributed by atoms with E-state index in [-0.39, 0.29) is 21.3 Å². The SMILES string of the molecule is CC1(C)CCC2(CC1)N[C@@H](C(=O)O)[C@H](c1ccnc(Cl)c1F)[C@]21C(=O)Nc2cc(Cl)ncc21. The Bertz CT molecular complexity index is 1180. The molecule has 4 heterocycles. The first-order valence-electron chi connectivity index (χ1n) is 10.8. The van der Waals surface area contributed by atoms with Crippen molar-refractivity contribution in [3.05, 3.63) is 51.8 Å². The molecule has 2 aromatic heterocycles. The minimum Gasteiger partial charge on any atom is -0.480 e. The predicted molar refractivity (Wildman–Crippen MR) is 121 cm³/mol. The molecule has 33 heavy (non-hydrogen) atoms. The Kier molecular flexibility index (Phi) is 5.01. The number of aliphatic carboxylic acids is 1. The van der Waals surface area contributed by atoms with Gasteiger partial charge in [-0.1, -0.05) is 37.0 Å². The zero-order valence-electron chi connectivity index (χ0n) is 18.1. The van der Waals surface area contributed by atoms with Crippen molar-refractivity contribution < 1.29 is 19.1 Å². The third kappa shape index (κ3) is 3.03. The summed E-state index contributed by atoms with van der Waals surface area (Å²) in [6.45, 7) is 4.31. The van der Waals surface area contributed by atoms with Crippen LogP contribution < -0.4 is 10.6 Å². The number of anilines is 1. The minimum absolute atomic E-state index is 0.0340. The van der Waals surface area contributed by atoms with Gasteiger partial charge in [0.2, 0.25) is 5.91 Å².